The van der Waals surface area contributed by atoms with Crippen LogP contribution in [0.3, 0.4) is 0 Å². The van der Waals surface area contributed by atoms with Crippen molar-refractivity contribution in [3.8, 4) is 11.1 Å². The lowest BCUT2D eigenvalue weighted by Gasteiger charge is -2.23. The lowest BCUT2D eigenvalue weighted by atomic mass is 10.1. The van der Waals surface area contributed by atoms with Crippen LogP contribution in [-0.2, 0) is 10.0 Å². The van der Waals surface area contributed by atoms with Gasteiger partial charge in [-0.2, -0.15) is 4.31 Å². The molecule has 1 aromatic heterocycles. The number of hydrogen-bond donors (Lipinski definition) is 4. The van der Waals surface area contributed by atoms with E-state index in [4.69, 9.17) is 0 Å². The summed E-state index contributed by atoms with van der Waals surface area (Å²) in [5.74, 6) is -0.351. The van der Waals surface area contributed by atoms with Crippen molar-refractivity contribution in [2.45, 2.75) is 23.1 Å². The Bertz CT molecular complexity index is 1110. The Hall–Kier alpha value is -2.30. The number of benzene rings is 2. The summed E-state index contributed by atoms with van der Waals surface area (Å²) in [5, 5.41) is 29.9. The second-order valence-electron chi connectivity index (χ2n) is 6.80. The van der Waals surface area contributed by atoms with Gasteiger partial charge in [0.25, 0.3) is 0 Å². The molecule has 0 amide bonds. The molecule has 3 aromatic rings. The van der Waals surface area contributed by atoms with E-state index in [9.17, 15) is 28.1 Å². The molecule has 0 spiro atoms. The van der Waals surface area contributed by atoms with E-state index in [1.807, 2.05) is 0 Å². The fraction of sp³-hybridized carbons (Fsp3) is 0.263. The molecule has 9 heteroatoms. The van der Waals surface area contributed by atoms with Crippen LogP contribution < -0.4 is 0 Å². The number of aliphatic hydroxyl groups excluding tert-OH is 3. The molecule has 28 heavy (non-hydrogen) atoms. The molecule has 7 nitrogen and oxygen atoms in total. The molecular formula is C19H19FN2O5S. The molecule has 1 fully saturated rings. The van der Waals surface area contributed by atoms with E-state index in [0.29, 0.717) is 5.52 Å². The quantitative estimate of drug-likeness (QED) is 0.517. The maximum atomic E-state index is 13.4. The molecular weight excluding hydrogens is 387 g/mol. The van der Waals surface area contributed by atoms with Gasteiger partial charge in [-0.3, -0.25) is 0 Å². The number of nitrogens with one attached hydrogen (secondary N) is 1. The van der Waals surface area contributed by atoms with Crippen molar-refractivity contribution < 1.29 is 28.1 Å². The van der Waals surface area contributed by atoms with Crippen molar-refractivity contribution in [1.82, 2.24) is 9.29 Å². The summed E-state index contributed by atoms with van der Waals surface area (Å²) in [4.78, 5) is 2.98. The van der Waals surface area contributed by atoms with Gasteiger partial charge >= 0.3 is 0 Å². The second-order valence-corrected chi connectivity index (χ2v) is 8.69. The summed E-state index contributed by atoms with van der Waals surface area (Å²) in [6.07, 6.45) is -0.869. The number of rotatable bonds is 4. The van der Waals surface area contributed by atoms with Crippen LogP contribution in [0.5, 0.6) is 0 Å². The summed E-state index contributed by atoms with van der Waals surface area (Å²) in [7, 11) is -4.00. The minimum Gasteiger partial charge on any atom is -0.395 e. The van der Waals surface area contributed by atoms with Crippen molar-refractivity contribution in [3.05, 3.63) is 54.5 Å². The minimum absolute atomic E-state index is 0.0121. The molecule has 1 saturated heterocycles. The van der Waals surface area contributed by atoms with Crippen LogP contribution in [0.4, 0.5) is 4.39 Å². The standard InChI is InChI=1S/C19H19FN2O5S/c20-12-3-6-14-15(8-21-16(14)7-12)11-1-4-13(5-2-11)28(26,27)22-9-18(24)19(25)17(22)10-23/h1-8,17-19,21,23-25H,9-10H2/t17-,18-,19-/m0/s1. The highest BCUT2D eigenvalue weighted by Gasteiger charge is 2.45. The summed E-state index contributed by atoms with van der Waals surface area (Å²) >= 11 is 0. The number of nitrogens with zero attached hydrogens (tertiary/aromatic N) is 1. The monoisotopic (exact) mass is 406 g/mol. The lowest BCUT2D eigenvalue weighted by Crippen LogP contribution is -2.42. The van der Waals surface area contributed by atoms with Gasteiger partial charge < -0.3 is 20.3 Å². The number of aromatic amines is 1. The third kappa shape index (κ3) is 3.01. The number of halogens is 1. The first-order valence-electron chi connectivity index (χ1n) is 8.69. The van der Waals surface area contributed by atoms with Crippen LogP contribution >= 0.6 is 0 Å². The van der Waals surface area contributed by atoms with Gasteiger partial charge in [0.15, 0.2) is 0 Å². The SMILES string of the molecule is O=S(=O)(c1ccc(-c2c[nH]c3cc(F)ccc23)cc1)N1C[C@H](O)[C@@H](O)[C@@H]1CO. The Morgan fingerprint density at radius 1 is 1.14 bits per heavy atom. The Morgan fingerprint density at radius 3 is 2.54 bits per heavy atom. The normalized spacial score (nSPS) is 23.5. The Morgan fingerprint density at radius 2 is 1.86 bits per heavy atom. The molecule has 0 unspecified atom stereocenters. The molecule has 0 saturated carbocycles. The third-order valence-corrected chi connectivity index (χ3v) is 7.03. The average Bonchev–Trinajstić information content (AvgIpc) is 3.22. The maximum Gasteiger partial charge on any atom is 0.243 e. The van der Waals surface area contributed by atoms with Crippen LogP contribution in [0.1, 0.15) is 0 Å². The molecule has 1 aliphatic heterocycles. The predicted octanol–water partition coefficient (Wildman–Crippen LogP) is 1.06. The summed E-state index contributed by atoms with van der Waals surface area (Å²) in [6, 6.07) is 9.43. The first-order valence-corrected chi connectivity index (χ1v) is 10.1. The van der Waals surface area contributed by atoms with Crippen molar-refractivity contribution in [3.63, 3.8) is 0 Å². The molecule has 0 bridgehead atoms. The molecule has 1 aliphatic rings. The lowest BCUT2D eigenvalue weighted by molar-refractivity contribution is 0.0265. The highest BCUT2D eigenvalue weighted by Crippen LogP contribution is 2.31. The first kappa shape index (κ1) is 19.0. The zero-order chi connectivity index (χ0) is 20.1. The van der Waals surface area contributed by atoms with Crippen LogP contribution in [0.2, 0.25) is 0 Å². The number of H-pyrrole nitrogens is 1. The predicted molar refractivity (Wildman–Crippen MR) is 100 cm³/mol. The molecule has 0 radical (unpaired) electrons. The van der Waals surface area contributed by atoms with Gasteiger partial charge in [0.2, 0.25) is 10.0 Å². The van der Waals surface area contributed by atoms with E-state index >= 15 is 0 Å². The van der Waals surface area contributed by atoms with Crippen molar-refractivity contribution >= 4 is 20.9 Å². The molecule has 4 N–H and O–H groups in total. The largest absolute Gasteiger partial charge is 0.395 e. The number of aromatic nitrogens is 1. The zero-order valence-electron chi connectivity index (χ0n) is 14.7. The second kappa shape index (κ2) is 6.94. The highest BCUT2D eigenvalue weighted by molar-refractivity contribution is 7.89. The third-order valence-electron chi connectivity index (χ3n) is 5.13. The van der Waals surface area contributed by atoms with Gasteiger partial charge in [0.1, 0.15) is 5.82 Å². The topological polar surface area (TPSA) is 114 Å². The van der Waals surface area contributed by atoms with Gasteiger partial charge in [-0.1, -0.05) is 12.1 Å². The van der Waals surface area contributed by atoms with Gasteiger partial charge in [-0.25, -0.2) is 12.8 Å². The van der Waals surface area contributed by atoms with E-state index < -0.39 is 34.9 Å². The number of aliphatic hydroxyl groups is 3. The van der Waals surface area contributed by atoms with E-state index in [0.717, 1.165) is 20.8 Å². The fourth-order valence-corrected chi connectivity index (χ4v) is 5.26. The van der Waals surface area contributed by atoms with Crippen LogP contribution in [-0.4, -0.2) is 64.4 Å². The van der Waals surface area contributed by atoms with E-state index in [1.54, 1.807) is 24.4 Å². The highest BCUT2D eigenvalue weighted by atomic mass is 32.2. The Kier molecular flexibility index (Phi) is 4.72. The minimum atomic E-state index is -4.00. The number of β-amino-alcohol motifs (C(OH)–C–C–N with tert-alkyl or cyclic N) is 1. The van der Waals surface area contributed by atoms with Crippen molar-refractivity contribution in [2.75, 3.05) is 13.2 Å². The van der Waals surface area contributed by atoms with Crippen molar-refractivity contribution in [2.24, 2.45) is 0 Å². The molecule has 4 rings (SSSR count). The summed E-state index contributed by atoms with van der Waals surface area (Å²) in [5.41, 5.74) is 2.19. The number of hydrogen-bond acceptors (Lipinski definition) is 5. The summed E-state index contributed by atoms with van der Waals surface area (Å²) < 4.78 is 40.0. The zero-order valence-corrected chi connectivity index (χ0v) is 15.5. The first-order chi connectivity index (χ1) is 13.3. The van der Waals surface area contributed by atoms with Gasteiger partial charge in [-0.05, 0) is 35.9 Å². The Balaban J connectivity index is 1.67. The van der Waals surface area contributed by atoms with Crippen LogP contribution in [0, 0.1) is 5.82 Å². The number of fused-ring (bicyclic) bond motifs is 1. The van der Waals surface area contributed by atoms with Gasteiger partial charge in [-0.15, -0.1) is 0 Å². The van der Waals surface area contributed by atoms with E-state index in [1.165, 1.54) is 24.3 Å². The smallest absolute Gasteiger partial charge is 0.243 e. The van der Waals surface area contributed by atoms with Crippen LogP contribution in [0.25, 0.3) is 22.0 Å². The van der Waals surface area contributed by atoms with Crippen molar-refractivity contribution in [1.29, 1.82) is 0 Å². The van der Waals surface area contributed by atoms with Crippen LogP contribution in [0.15, 0.2) is 53.6 Å². The molecule has 3 atom stereocenters. The van der Waals surface area contributed by atoms with E-state index in [-0.39, 0.29) is 17.3 Å². The molecule has 2 heterocycles. The van der Waals surface area contributed by atoms with E-state index in [2.05, 4.69) is 4.98 Å². The average molecular weight is 406 g/mol. The molecule has 2 aromatic carbocycles. The number of sulfonamides is 1. The maximum absolute atomic E-state index is 13.4. The summed E-state index contributed by atoms with van der Waals surface area (Å²) in [6.45, 7) is -0.883. The molecule has 0 aliphatic carbocycles. The van der Waals surface area contributed by atoms with Gasteiger partial charge in [0, 0.05) is 29.2 Å². The molecule has 148 valence electrons. The fourth-order valence-electron chi connectivity index (χ4n) is 3.61. The van der Waals surface area contributed by atoms with Gasteiger partial charge in [0.05, 0.1) is 29.8 Å². The Labute approximate surface area is 160 Å².